The van der Waals surface area contributed by atoms with Gasteiger partial charge in [-0.3, -0.25) is 0 Å². The van der Waals surface area contributed by atoms with Crippen molar-refractivity contribution >= 4 is 16.7 Å². The largest absolute Gasteiger partial charge is 0.356 e. The van der Waals surface area contributed by atoms with E-state index in [1.54, 1.807) is 0 Å². The number of aromatic amines is 1. The molecule has 5 heteroatoms. The molecule has 0 aliphatic rings. The Morgan fingerprint density at radius 2 is 2.33 bits per heavy atom. The van der Waals surface area contributed by atoms with Gasteiger partial charge in [0.2, 0.25) is 0 Å². The molecule has 0 amide bonds. The van der Waals surface area contributed by atoms with Crippen molar-refractivity contribution in [1.29, 1.82) is 0 Å². The summed E-state index contributed by atoms with van der Waals surface area (Å²) >= 11 is 0. The van der Waals surface area contributed by atoms with Crippen molar-refractivity contribution in [3.05, 3.63) is 23.1 Å². The third-order valence-corrected chi connectivity index (χ3v) is 1.73. The summed E-state index contributed by atoms with van der Waals surface area (Å²) in [6, 6.07) is 0. The molecule has 0 radical (unpaired) electrons. The Kier molecular flexibility index (Phi) is 1.36. The number of nitrogens with zero attached hydrogens (tertiary/aromatic N) is 3. The van der Waals surface area contributed by atoms with Crippen LogP contribution in [0.3, 0.4) is 0 Å². The molecule has 0 saturated heterocycles. The van der Waals surface area contributed by atoms with Gasteiger partial charge in [-0.25, -0.2) is 9.97 Å². The molecular weight excluding hydrogens is 156 g/mol. The molecule has 0 spiro atoms. The molecule has 12 heavy (non-hydrogen) atoms. The van der Waals surface area contributed by atoms with Gasteiger partial charge in [-0.1, -0.05) is 0 Å². The lowest BCUT2D eigenvalue weighted by atomic mass is 10.3. The average Bonchev–Trinajstić information content (AvgIpc) is 2.49. The third-order valence-electron chi connectivity index (χ3n) is 1.73. The summed E-state index contributed by atoms with van der Waals surface area (Å²) in [6.45, 7) is 1.84. The van der Waals surface area contributed by atoms with Crippen LogP contribution in [0.1, 0.15) is 5.69 Å². The summed E-state index contributed by atoms with van der Waals surface area (Å²) in [5.41, 5.74) is 2.50. The first-order valence-corrected chi connectivity index (χ1v) is 3.45. The second-order valence-corrected chi connectivity index (χ2v) is 2.45. The van der Waals surface area contributed by atoms with Crippen LogP contribution in [0.5, 0.6) is 0 Å². The Hall–Kier alpha value is -1.78. The molecule has 0 bridgehead atoms. The Morgan fingerprint density at radius 1 is 1.50 bits per heavy atom. The van der Waals surface area contributed by atoms with Gasteiger partial charge in [0.1, 0.15) is 11.8 Å². The predicted molar refractivity (Wildman–Crippen MR) is 44.1 cm³/mol. The van der Waals surface area contributed by atoms with Crippen molar-refractivity contribution < 1.29 is 0 Å². The third kappa shape index (κ3) is 0.795. The first kappa shape index (κ1) is 6.90. The Bertz CT molecular complexity index is 434. The average molecular weight is 162 g/mol. The van der Waals surface area contributed by atoms with E-state index in [0.717, 1.165) is 11.2 Å². The van der Waals surface area contributed by atoms with Gasteiger partial charge in [-0.05, 0) is 12.1 Å². The van der Waals surface area contributed by atoms with Gasteiger partial charge >= 0.3 is 0 Å². The van der Waals surface area contributed by atoms with Crippen molar-refractivity contribution in [1.82, 2.24) is 15.0 Å². The van der Waals surface area contributed by atoms with Crippen LogP contribution in [0.2, 0.25) is 0 Å². The lowest BCUT2D eigenvalue weighted by molar-refractivity contribution is 1.14. The zero-order chi connectivity index (χ0) is 8.55. The van der Waals surface area contributed by atoms with Crippen molar-refractivity contribution in [2.75, 3.05) is 0 Å². The number of H-pyrrole nitrogens is 1. The molecule has 2 aromatic heterocycles. The molecule has 60 valence electrons. The van der Waals surface area contributed by atoms with E-state index < -0.39 is 0 Å². The number of rotatable bonds is 1. The molecule has 1 N–H and O–H groups in total. The van der Waals surface area contributed by atoms with Crippen LogP contribution in [0.4, 0.5) is 5.69 Å². The monoisotopic (exact) mass is 162 g/mol. The molecule has 2 aromatic rings. The fourth-order valence-electron chi connectivity index (χ4n) is 1.12. The van der Waals surface area contributed by atoms with Crippen LogP contribution in [-0.2, 0) is 0 Å². The molecule has 2 rings (SSSR count). The highest BCUT2D eigenvalue weighted by molar-refractivity contribution is 5.87. The highest BCUT2D eigenvalue weighted by atomic mass is 16.3. The van der Waals surface area contributed by atoms with E-state index in [1.807, 2.05) is 6.92 Å². The molecular formula is C7H6N4O. The number of nitroso groups, excluding NO2 is 1. The molecule has 0 unspecified atom stereocenters. The van der Waals surface area contributed by atoms with Crippen molar-refractivity contribution in [3.8, 4) is 0 Å². The zero-order valence-electron chi connectivity index (χ0n) is 6.40. The van der Waals surface area contributed by atoms with Crippen LogP contribution in [-0.4, -0.2) is 15.0 Å². The minimum atomic E-state index is 0.329. The summed E-state index contributed by atoms with van der Waals surface area (Å²) in [5.74, 6) is 0. The van der Waals surface area contributed by atoms with Crippen LogP contribution in [0.15, 0.2) is 17.7 Å². The van der Waals surface area contributed by atoms with Gasteiger partial charge in [0.05, 0.1) is 11.2 Å². The van der Waals surface area contributed by atoms with E-state index in [0.29, 0.717) is 11.2 Å². The summed E-state index contributed by atoms with van der Waals surface area (Å²) in [6.07, 6.45) is 2.94. The van der Waals surface area contributed by atoms with Crippen LogP contribution >= 0.6 is 0 Å². The Morgan fingerprint density at radius 3 is 3.08 bits per heavy atom. The van der Waals surface area contributed by atoms with Crippen molar-refractivity contribution in [3.63, 3.8) is 0 Å². The van der Waals surface area contributed by atoms with E-state index in [9.17, 15) is 4.91 Å². The fraction of sp³-hybridized carbons (Fsp3) is 0.143. The quantitative estimate of drug-likeness (QED) is 0.648. The first-order valence-electron chi connectivity index (χ1n) is 3.45. The molecule has 0 fully saturated rings. The standard InChI is InChI=1S/C7H6N4O/c1-4-6-7(10-3-9-4)5(11-12)2-8-6/h2-3,8H,1H3. The Balaban J connectivity index is 2.88. The normalized spacial score (nSPS) is 10.4. The molecule has 2 heterocycles. The lowest BCUT2D eigenvalue weighted by Gasteiger charge is -1.91. The summed E-state index contributed by atoms with van der Waals surface area (Å²) < 4.78 is 0. The number of aromatic nitrogens is 3. The second-order valence-electron chi connectivity index (χ2n) is 2.45. The van der Waals surface area contributed by atoms with Gasteiger partial charge in [-0.15, -0.1) is 4.91 Å². The first-order chi connectivity index (χ1) is 5.83. The predicted octanol–water partition coefficient (Wildman–Crippen LogP) is 1.66. The summed E-state index contributed by atoms with van der Waals surface area (Å²) in [5, 5.41) is 2.83. The summed E-state index contributed by atoms with van der Waals surface area (Å²) in [7, 11) is 0. The maximum Gasteiger partial charge on any atom is 0.151 e. The zero-order valence-corrected chi connectivity index (χ0v) is 6.40. The number of aryl methyl sites for hydroxylation is 1. The second kappa shape index (κ2) is 2.37. The van der Waals surface area contributed by atoms with Gasteiger partial charge in [0, 0.05) is 6.20 Å². The maximum absolute atomic E-state index is 10.3. The number of hydrogen-bond acceptors (Lipinski definition) is 4. The minimum Gasteiger partial charge on any atom is -0.356 e. The van der Waals surface area contributed by atoms with Gasteiger partial charge in [0.15, 0.2) is 5.69 Å². The van der Waals surface area contributed by atoms with E-state index in [2.05, 4.69) is 20.1 Å². The Labute approximate surface area is 67.8 Å². The van der Waals surface area contributed by atoms with Crippen molar-refractivity contribution in [2.24, 2.45) is 5.18 Å². The van der Waals surface area contributed by atoms with E-state index in [4.69, 9.17) is 0 Å². The maximum atomic E-state index is 10.3. The van der Waals surface area contributed by atoms with Crippen LogP contribution in [0.25, 0.3) is 11.0 Å². The van der Waals surface area contributed by atoms with Gasteiger partial charge < -0.3 is 4.98 Å². The number of fused-ring (bicyclic) bond motifs is 1. The minimum absolute atomic E-state index is 0.329. The van der Waals surface area contributed by atoms with Gasteiger partial charge in [0.25, 0.3) is 0 Å². The molecule has 0 saturated carbocycles. The highest BCUT2D eigenvalue weighted by Crippen LogP contribution is 2.23. The highest BCUT2D eigenvalue weighted by Gasteiger charge is 2.06. The number of nitrogens with one attached hydrogen (secondary N) is 1. The SMILES string of the molecule is Cc1ncnc2c(N=O)c[nH]c12. The lowest BCUT2D eigenvalue weighted by Crippen LogP contribution is -1.84. The topological polar surface area (TPSA) is 71.0 Å². The molecule has 0 aliphatic carbocycles. The fourth-order valence-corrected chi connectivity index (χ4v) is 1.12. The van der Waals surface area contributed by atoms with Crippen LogP contribution < -0.4 is 0 Å². The molecule has 0 atom stereocenters. The van der Waals surface area contributed by atoms with Crippen LogP contribution in [0, 0.1) is 11.8 Å². The van der Waals surface area contributed by atoms with Crippen molar-refractivity contribution in [2.45, 2.75) is 6.92 Å². The number of hydrogen-bond donors (Lipinski definition) is 1. The van der Waals surface area contributed by atoms with E-state index in [-0.39, 0.29) is 0 Å². The van der Waals surface area contributed by atoms with Gasteiger partial charge in [-0.2, -0.15) is 0 Å². The summed E-state index contributed by atoms with van der Waals surface area (Å²) in [4.78, 5) is 21.1. The molecule has 5 nitrogen and oxygen atoms in total. The molecule has 0 aliphatic heterocycles. The van der Waals surface area contributed by atoms with E-state index >= 15 is 0 Å². The molecule has 0 aromatic carbocycles. The van der Waals surface area contributed by atoms with E-state index in [1.165, 1.54) is 12.5 Å². The smallest absolute Gasteiger partial charge is 0.151 e.